The minimum atomic E-state index is 0.154. The van der Waals surface area contributed by atoms with Crippen molar-refractivity contribution >= 4 is 5.91 Å². The molecule has 1 N–H and O–H groups in total. The summed E-state index contributed by atoms with van der Waals surface area (Å²) < 4.78 is 0. The molecule has 18 heavy (non-hydrogen) atoms. The van der Waals surface area contributed by atoms with Crippen LogP contribution in [0.5, 0.6) is 0 Å². The number of carbonyl (C=O) groups is 1. The fraction of sp³-hybridized carbons (Fsp3) is 0.929. The quantitative estimate of drug-likeness (QED) is 0.780. The maximum atomic E-state index is 12.2. The Morgan fingerprint density at radius 1 is 1.22 bits per heavy atom. The van der Waals surface area contributed by atoms with Crippen molar-refractivity contribution in [2.45, 2.75) is 46.1 Å². The second-order valence-corrected chi connectivity index (χ2v) is 5.30. The molecule has 1 saturated heterocycles. The van der Waals surface area contributed by atoms with E-state index < -0.39 is 0 Å². The highest BCUT2D eigenvalue weighted by Gasteiger charge is 2.26. The number of piperazine rings is 1. The third kappa shape index (κ3) is 3.95. The highest BCUT2D eigenvalue weighted by molar-refractivity contribution is 5.78. The Balaban J connectivity index is 2.41. The van der Waals surface area contributed by atoms with E-state index in [9.17, 15) is 9.90 Å². The van der Waals surface area contributed by atoms with Crippen LogP contribution in [0.15, 0.2) is 0 Å². The molecule has 0 saturated carbocycles. The lowest BCUT2D eigenvalue weighted by Crippen LogP contribution is -2.53. The highest BCUT2D eigenvalue weighted by atomic mass is 16.3. The first-order valence-electron chi connectivity index (χ1n) is 7.27. The standard InChI is InChI=1S/C14H28N2O2/c1-4-6-12(3)14(18)16-9-7-15(8-10-16)13(5-2)11-17/h12-13,17H,4-11H2,1-3H3. The van der Waals surface area contributed by atoms with E-state index in [2.05, 4.69) is 18.7 Å². The van der Waals surface area contributed by atoms with Gasteiger partial charge in [-0.15, -0.1) is 0 Å². The molecule has 4 nitrogen and oxygen atoms in total. The fourth-order valence-electron chi connectivity index (χ4n) is 2.68. The molecule has 1 fully saturated rings. The summed E-state index contributed by atoms with van der Waals surface area (Å²) in [6, 6.07) is 0.260. The maximum Gasteiger partial charge on any atom is 0.225 e. The van der Waals surface area contributed by atoms with Crippen LogP contribution in [0.2, 0.25) is 0 Å². The number of hydrogen-bond acceptors (Lipinski definition) is 3. The summed E-state index contributed by atoms with van der Waals surface area (Å²) in [7, 11) is 0. The molecule has 106 valence electrons. The van der Waals surface area contributed by atoms with Gasteiger partial charge in [0.15, 0.2) is 0 Å². The lowest BCUT2D eigenvalue weighted by molar-refractivity contribution is -0.137. The van der Waals surface area contributed by atoms with Crippen LogP contribution in [-0.2, 0) is 4.79 Å². The van der Waals surface area contributed by atoms with Crippen LogP contribution >= 0.6 is 0 Å². The molecular formula is C14H28N2O2. The summed E-state index contributed by atoms with van der Waals surface area (Å²) in [6.45, 7) is 9.87. The zero-order valence-corrected chi connectivity index (χ0v) is 12.1. The van der Waals surface area contributed by atoms with Crippen molar-refractivity contribution in [3.63, 3.8) is 0 Å². The van der Waals surface area contributed by atoms with Gasteiger partial charge in [0.1, 0.15) is 0 Å². The van der Waals surface area contributed by atoms with Gasteiger partial charge in [0.05, 0.1) is 6.61 Å². The Morgan fingerprint density at radius 2 is 1.83 bits per heavy atom. The molecule has 0 aromatic heterocycles. The van der Waals surface area contributed by atoms with Gasteiger partial charge in [-0.3, -0.25) is 9.69 Å². The predicted molar refractivity (Wildman–Crippen MR) is 73.4 cm³/mol. The highest BCUT2D eigenvalue weighted by Crippen LogP contribution is 2.14. The number of aliphatic hydroxyl groups is 1. The molecule has 0 radical (unpaired) electrons. The molecule has 2 atom stereocenters. The van der Waals surface area contributed by atoms with Crippen LogP contribution in [0, 0.1) is 5.92 Å². The predicted octanol–water partition coefficient (Wildman–Crippen LogP) is 1.34. The summed E-state index contributed by atoms with van der Waals surface area (Å²) in [5.74, 6) is 0.454. The number of aliphatic hydroxyl groups excluding tert-OH is 1. The third-order valence-corrected chi connectivity index (χ3v) is 3.97. The topological polar surface area (TPSA) is 43.8 Å². The fourth-order valence-corrected chi connectivity index (χ4v) is 2.68. The van der Waals surface area contributed by atoms with Crippen LogP contribution in [0.25, 0.3) is 0 Å². The molecule has 1 amide bonds. The monoisotopic (exact) mass is 256 g/mol. The lowest BCUT2D eigenvalue weighted by atomic mass is 10.0. The van der Waals surface area contributed by atoms with Crippen LogP contribution in [0.4, 0.5) is 0 Å². The summed E-state index contributed by atoms with van der Waals surface area (Å²) in [4.78, 5) is 16.4. The van der Waals surface area contributed by atoms with Crippen molar-refractivity contribution in [2.75, 3.05) is 32.8 Å². The van der Waals surface area contributed by atoms with Crippen molar-refractivity contribution in [1.29, 1.82) is 0 Å². The Morgan fingerprint density at radius 3 is 2.28 bits per heavy atom. The first kappa shape index (κ1) is 15.4. The molecule has 0 aliphatic carbocycles. The average molecular weight is 256 g/mol. The average Bonchev–Trinajstić information content (AvgIpc) is 2.40. The first-order valence-corrected chi connectivity index (χ1v) is 7.27. The number of rotatable bonds is 6. The van der Waals surface area contributed by atoms with Gasteiger partial charge >= 0.3 is 0 Å². The summed E-state index contributed by atoms with van der Waals surface area (Å²) >= 11 is 0. The van der Waals surface area contributed by atoms with Crippen molar-refractivity contribution in [2.24, 2.45) is 5.92 Å². The minimum Gasteiger partial charge on any atom is -0.395 e. The van der Waals surface area contributed by atoms with E-state index in [1.165, 1.54) is 0 Å². The Labute approximate surface area is 111 Å². The number of carbonyl (C=O) groups excluding carboxylic acids is 1. The molecule has 1 heterocycles. The van der Waals surface area contributed by atoms with Gasteiger partial charge in [0.25, 0.3) is 0 Å². The van der Waals surface area contributed by atoms with E-state index in [0.717, 1.165) is 45.4 Å². The second-order valence-electron chi connectivity index (χ2n) is 5.30. The molecule has 1 aliphatic rings. The SMILES string of the molecule is CCCC(C)C(=O)N1CCN(C(CC)CO)CC1. The van der Waals surface area contributed by atoms with Crippen LogP contribution in [0.3, 0.4) is 0 Å². The van der Waals surface area contributed by atoms with E-state index in [0.29, 0.717) is 5.91 Å². The number of hydrogen-bond donors (Lipinski definition) is 1. The lowest BCUT2D eigenvalue weighted by Gasteiger charge is -2.39. The number of amides is 1. The van der Waals surface area contributed by atoms with Gasteiger partial charge in [-0.25, -0.2) is 0 Å². The molecule has 0 aromatic carbocycles. The molecule has 1 aliphatic heterocycles. The summed E-state index contributed by atoms with van der Waals surface area (Å²) in [5, 5.41) is 9.29. The molecule has 0 aromatic rings. The van der Waals surface area contributed by atoms with Gasteiger partial charge in [-0.2, -0.15) is 0 Å². The normalized spacial score (nSPS) is 20.8. The molecule has 1 rings (SSSR count). The van der Waals surface area contributed by atoms with Gasteiger partial charge in [0.2, 0.25) is 5.91 Å². The molecule has 0 spiro atoms. The van der Waals surface area contributed by atoms with Crippen LogP contribution in [-0.4, -0.2) is 59.6 Å². The van der Waals surface area contributed by atoms with Gasteiger partial charge in [-0.1, -0.05) is 27.2 Å². The van der Waals surface area contributed by atoms with E-state index >= 15 is 0 Å². The zero-order chi connectivity index (χ0) is 13.5. The van der Waals surface area contributed by atoms with Crippen LogP contribution < -0.4 is 0 Å². The maximum absolute atomic E-state index is 12.2. The van der Waals surface area contributed by atoms with Crippen molar-refractivity contribution < 1.29 is 9.90 Å². The second kappa shape index (κ2) is 7.74. The summed E-state index contributed by atoms with van der Waals surface area (Å²) in [5.41, 5.74) is 0. The molecule has 0 bridgehead atoms. The largest absolute Gasteiger partial charge is 0.395 e. The Kier molecular flexibility index (Phi) is 6.65. The zero-order valence-electron chi connectivity index (χ0n) is 12.1. The minimum absolute atomic E-state index is 0.154. The number of nitrogens with zero attached hydrogens (tertiary/aromatic N) is 2. The molecule has 2 unspecified atom stereocenters. The van der Waals surface area contributed by atoms with E-state index in [1.807, 2.05) is 11.8 Å². The van der Waals surface area contributed by atoms with E-state index in [1.54, 1.807) is 0 Å². The Hall–Kier alpha value is -0.610. The van der Waals surface area contributed by atoms with Crippen molar-refractivity contribution in [3.05, 3.63) is 0 Å². The first-order chi connectivity index (χ1) is 8.63. The smallest absolute Gasteiger partial charge is 0.225 e. The summed E-state index contributed by atoms with van der Waals surface area (Å²) in [6.07, 6.45) is 3.01. The van der Waals surface area contributed by atoms with Gasteiger partial charge in [-0.05, 0) is 12.8 Å². The Bertz CT molecular complexity index is 246. The molecule has 4 heteroatoms. The third-order valence-electron chi connectivity index (χ3n) is 3.97. The van der Waals surface area contributed by atoms with E-state index in [4.69, 9.17) is 0 Å². The van der Waals surface area contributed by atoms with Gasteiger partial charge in [0, 0.05) is 38.1 Å². The molecular weight excluding hydrogens is 228 g/mol. The van der Waals surface area contributed by atoms with E-state index in [-0.39, 0.29) is 18.6 Å². The van der Waals surface area contributed by atoms with Crippen molar-refractivity contribution in [1.82, 2.24) is 9.80 Å². The van der Waals surface area contributed by atoms with Crippen LogP contribution in [0.1, 0.15) is 40.0 Å². The van der Waals surface area contributed by atoms with Crippen molar-refractivity contribution in [3.8, 4) is 0 Å². The van der Waals surface area contributed by atoms with Gasteiger partial charge < -0.3 is 10.0 Å².